The van der Waals surface area contributed by atoms with Crippen molar-refractivity contribution in [3.63, 3.8) is 0 Å². The largest absolute Gasteiger partial charge is 0.475 e. The van der Waals surface area contributed by atoms with Crippen molar-refractivity contribution in [2.24, 2.45) is 0 Å². The highest BCUT2D eigenvalue weighted by atomic mass is 19.1. The summed E-state index contributed by atoms with van der Waals surface area (Å²) in [7, 11) is 0. The molecule has 2 rings (SSSR count). The molecule has 0 radical (unpaired) electrons. The standard InChI is InChI=1S/C15H18FN3O/c1-11(2)20-15-9-14(18-10-19-15)17-8-7-12-5-3-4-6-13(12)16/h3-6,9-11H,7-8H2,1-2H3,(H,17,18,19). The lowest BCUT2D eigenvalue weighted by Crippen LogP contribution is -2.10. The van der Waals surface area contributed by atoms with Gasteiger partial charge in [0.15, 0.2) is 0 Å². The summed E-state index contributed by atoms with van der Waals surface area (Å²) in [6.07, 6.45) is 2.11. The fraction of sp³-hybridized carbons (Fsp3) is 0.333. The fourth-order valence-electron chi connectivity index (χ4n) is 1.77. The van der Waals surface area contributed by atoms with E-state index in [4.69, 9.17) is 4.74 Å². The predicted octanol–water partition coefficient (Wildman–Crippen LogP) is 3.06. The van der Waals surface area contributed by atoms with Gasteiger partial charge in [-0.15, -0.1) is 0 Å². The second-order valence-electron chi connectivity index (χ2n) is 4.68. The molecule has 0 atom stereocenters. The summed E-state index contributed by atoms with van der Waals surface area (Å²) in [5.74, 6) is 1.02. The summed E-state index contributed by atoms with van der Waals surface area (Å²) in [4.78, 5) is 8.13. The Morgan fingerprint density at radius 1 is 1.25 bits per heavy atom. The zero-order valence-corrected chi connectivity index (χ0v) is 11.6. The molecule has 0 amide bonds. The molecule has 1 heterocycles. The number of halogens is 1. The van der Waals surface area contributed by atoms with E-state index in [1.54, 1.807) is 18.2 Å². The SMILES string of the molecule is CC(C)Oc1cc(NCCc2ccccc2F)ncn1. The molecule has 0 aliphatic heterocycles. The first-order valence-electron chi connectivity index (χ1n) is 6.61. The fourth-order valence-corrected chi connectivity index (χ4v) is 1.77. The Labute approximate surface area is 118 Å². The summed E-state index contributed by atoms with van der Waals surface area (Å²) in [5, 5.41) is 3.14. The number of nitrogens with one attached hydrogen (secondary N) is 1. The van der Waals surface area contributed by atoms with Gasteiger partial charge in [-0.1, -0.05) is 18.2 Å². The average molecular weight is 275 g/mol. The third kappa shape index (κ3) is 4.19. The molecule has 0 unspecified atom stereocenters. The van der Waals surface area contributed by atoms with Gasteiger partial charge in [-0.05, 0) is 31.9 Å². The minimum atomic E-state index is -0.180. The minimum absolute atomic E-state index is 0.0659. The van der Waals surface area contributed by atoms with E-state index in [1.807, 2.05) is 19.9 Å². The molecule has 20 heavy (non-hydrogen) atoms. The summed E-state index contributed by atoms with van der Waals surface area (Å²) >= 11 is 0. The normalized spacial score (nSPS) is 10.6. The van der Waals surface area contributed by atoms with Crippen molar-refractivity contribution >= 4 is 5.82 Å². The van der Waals surface area contributed by atoms with E-state index in [-0.39, 0.29) is 11.9 Å². The number of nitrogens with zero attached hydrogens (tertiary/aromatic N) is 2. The quantitative estimate of drug-likeness (QED) is 0.880. The Hall–Kier alpha value is -2.17. The third-order valence-electron chi connectivity index (χ3n) is 2.66. The first-order valence-corrected chi connectivity index (χ1v) is 6.61. The number of rotatable bonds is 6. The second kappa shape index (κ2) is 6.84. The Morgan fingerprint density at radius 2 is 2.05 bits per heavy atom. The van der Waals surface area contributed by atoms with Crippen molar-refractivity contribution in [3.05, 3.63) is 48.0 Å². The van der Waals surface area contributed by atoms with Gasteiger partial charge in [0.2, 0.25) is 5.88 Å². The van der Waals surface area contributed by atoms with E-state index in [1.165, 1.54) is 12.4 Å². The van der Waals surface area contributed by atoms with E-state index in [0.717, 1.165) is 0 Å². The van der Waals surface area contributed by atoms with Crippen LogP contribution in [0.15, 0.2) is 36.7 Å². The molecule has 1 aromatic heterocycles. The van der Waals surface area contributed by atoms with E-state index >= 15 is 0 Å². The maximum absolute atomic E-state index is 13.4. The maximum atomic E-state index is 13.4. The van der Waals surface area contributed by atoms with Gasteiger partial charge in [-0.2, -0.15) is 0 Å². The predicted molar refractivity (Wildman–Crippen MR) is 76.4 cm³/mol. The molecule has 0 aliphatic rings. The van der Waals surface area contributed by atoms with Gasteiger partial charge in [0.1, 0.15) is 18.0 Å². The third-order valence-corrected chi connectivity index (χ3v) is 2.66. The maximum Gasteiger partial charge on any atom is 0.218 e. The van der Waals surface area contributed by atoms with Crippen molar-refractivity contribution in [2.75, 3.05) is 11.9 Å². The molecule has 1 N–H and O–H groups in total. The number of benzene rings is 1. The number of aromatic nitrogens is 2. The van der Waals surface area contributed by atoms with Gasteiger partial charge in [0.25, 0.3) is 0 Å². The molecule has 0 saturated heterocycles. The Morgan fingerprint density at radius 3 is 2.80 bits per heavy atom. The van der Waals surface area contributed by atoms with Crippen molar-refractivity contribution in [1.29, 1.82) is 0 Å². The van der Waals surface area contributed by atoms with Crippen LogP contribution in [0, 0.1) is 5.82 Å². The molecule has 0 spiro atoms. The lowest BCUT2D eigenvalue weighted by molar-refractivity contribution is 0.232. The lowest BCUT2D eigenvalue weighted by atomic mass is 10.1. The molecule has 0 saturated carbocycles. The number of hydrogen-bond acceptors (Lipinski definition) is 4. The van der Waals surface area contributed by atoms with Crippen LogP contribution < -0.4 is 10.1 Å². The highest BCUT2D eigenvalue weighted by Gasteiger charge is 2.03. The molecule has 106 valence electrons. The molecule has 1 aromatic carbocycles. The topological polar surface area (TPSA) is 47.0 Å². The minimum Gasteiger partial charge on any atom is -0.475 e. The van der Waals surface area contributed by atoms with Crippen molar-refractivity contribution in [3.8, 4) is 5.88 Å². The molecular weight excluding hydrogens is 257 g/mol. The van der Waals surface area contributed by atoms with Crippen LogP contribution in [0.1, 0.15) is 19.4 Å². The van der Waals surface area contributed by atoms with Crippen LogP contribution in [-0.4, -0.2) is 22.6 Å². The van der Waals surface area contributed by atoms with Crippen LogP contribution in [0.3, 0.4) is 0 Å². The van der Waals surface area contributed by atoms with Crippen molar-refractivity contribution in [2.45, 2.75) is 26.4 Å². The Bertz CT molecular complexity index is 560. The zero-order chi connectivity index (χ0) is 14.4. The summed E-state index contributed by atoms with van der Waals surface area (Å²) in [5.41, 5.74) is 0.688. The smallest absolute Gasteiger partial charge is 0.218 e. The molecule has 0 bridgehead atoms. The van der Waals surface area contributed by atoms with Crippen LogP contribution in [0.2, 0.25) is 0 Å². The molecule has 2 aromatic rings. The Kier molecular flexibility index (Phi) is 4.87. The van der Waals surface area contributed by atoms with Crippen LogP contribution in [0.5, 0.6) is 5.88 Å². The van der Waals surface area contributed by atoms with Gasteiger partial charge in [-0.3, -0.25) is 0 Å². The van der Waals surface area contributed by atoms with E-state index in [2.05, 4.69) is 15.3 Å². The average Bonchev–Trinajstić information content (AvgIpc) is 2.41. The van der Waals surface area contributed by atoms with Crippen LogP contribution >= 0.6 is 0 Å². The van der Waals surface area contributed by atoms with Crippen molar-refractivity contribution < 1.29 is 9.13 Å². The van der Waals surface area contributed by atoms with Crippen LogP contribution in [-0.2, 0) is 6.42 Å². The number of ether oxygens (including phenoxy) is 1. The lowest BCUT2D eigenvalue weighted by Gasteiger charge is -2.10. The number of anilines is 1. The highest BCUT2D eigenvalue weighted by molar-refractivity contribution is 5.37. The van der Waals surface area contributed by atoms with Crippen LogP contribution in [0.25, 0.3) is 0 Å². The van der Waals surface area contributed by atoms with E-state index in [9.17, 15) is 4.39 Å². The molecule has 5 heteroatoms. The van der Waals surface area contributed by atoms with Crippen molar-refractivity contribution in [1.82, 2.24) is 9.97 Å². The van der Waals surface area contributed by atoms with E-state index in [0.29, 0.717) is 30.2 Å². The van der Waals surface area contributed by atoms with Gasteiger partial charge >= 0.3 is 0 Å². The van der Waals surface area contributed by atoms with Gasteiger partial charge in [0, 0.05) is 12.6 Å². The molecule has 0 aliphatic carbocycles. The van der Waals surface area contributed by atoms with Gasteiger partial charge in [0.05, 0.1) is 6.10 Å². The second-order valence-corrected chi connectivity index (χ2v) is 4.68. The first kappa shape index (κ1) is 14.2. The first-order chi connectivity index (χ1) is 9.65. The number of hydrogen-bond donors (Lipinski definition) is 1. The van der Waals surface area contributed by atoms with E-state index < -0.39 is 0 Å². The summed E-state index contributed by atoms with van der Waals surface area (Å²) < 4.78 is 18.9. The van der Waals surface area contributed by atoms with Gasteiger partial charge < -0.3 is 10.1 Å². The molecule has 0 fully saturated rings. The molecule has 4 nitrogen and oxygen atoms in total. The van der Waals surface area contributed by atoms with Gasteiger partial charge in [-0.25, -0.2) is 14.4 Å². The molecular formula is C15H18FN3O. The monoisotopic (exact) mass is 275 g/mol. The summed E-state index contributed by atoms with van der Waals surface area (Å²) in [6, 6.07) is 8.50. The Balaban J connectivity index is 1.89. The summed E-state index contributed by atoms with van der Waals surface area (Å²) in [6.45, 7) is 4.47. The highest BCUT2D eigenvalue weighted by Crippen LogP contribution is 2.13. The zero-order valence-electron chi connectivity index (χ0n) is 11.6. The van der Waals surface area contributed by atoms with Crippen LogP contribution in [0.4, 0.5) is 10.2 Å².